The number of hydrogen-bond acceptors (Lipinski definition) is 2. The van der Waals surface area contributed by atoms with E-state index in [0.29, 0.717) is 0 Å². The highest BCUT2D eigenvalue weighted by molar-refractivity contribution is 4.47. The third-order valence-corrected chi connectivity index (χ3v) is 2.81. The highest BCUT2D eigenvalue weighted by Crippen LogP contribution is 2.10. The average Bonchev–Trinajstić information content (AvgIpc) is 2.21. The molecule has 15 heavy (non-hydrogen) atoms. The van der Waals surface area contributed by atoms with Gasteiger partial charge in [-0.3, -0.25) is 0 Å². The average molecular weight is 216 g/mol. The van der Waals surface area contributed by atoms with Crippen LogP contribution in [0.4, 0.5) is 0 Å². The second-order valence-corrected chi connectivity index (χ2v) is 4.32. The molecule has 0 rings (SSSR count). The lowest BCUT2D eigenvalue weighted by Crippen LogP contribution is -1.97. The minimum atomic E-state index is 0. The van der Waals surface area contributed by atoms with Gasteiger partial charge in [0.15, 0.2) is 0 Å². The van der Waals surface area contributed by atoms with Gasteiger partial charge >= 0.3 is 0 Å². The minimum Gasteiger partial charge on any atom is -0.344 e. The molecule has 0 aromatic rings. The summed E-state index contributed by atoms with van der Waals surface area (Å²) in [5.41, 5.74) is 5.44. The Hall–Kier alpha value is -0.0800. The van der Waals surface area contributed by atoms with Crippen molar-refractivity contribution in [3.8, 4) is 0 Å². The predicted octanol–water partition coefficient (Wildman–Crippen LogP) is 4.42. The zero-order chi connectivity index (χ0) is 10.5. The first kappa shape index (κ1) is 17.3. The van der Waals surface area contributed by atoms with Gasteiger partial charge in [-0.2, -0.15) is 0 Å². The molecule has 0 amide bonds. The summed E-state index contributed by atoms with van der Waals surface area (Å²) in [6.07, 6.45) is 15.4. The van der Waals surface area contributed by atoms with Crippen LogP contribution in [0.3, 0.4) is 0 Å². The number of rotatable bonds is 11. The smallest absolute Gasteiger partial charge is 0.00773 e. The van der Waals surface area contributed by atoms with Crippen molar-refractivity contribution in [2.24, 2.45) is 5.73 Å². The maximum Gasteiger partial charge on any atom is -0.00773 e. The number of nitrogens with two attached hydrogens (primary N) is 1. The maximum atomic E-state index is 5.44. The Kier molecular flexibility index (Phi) is 18.9. The normalized spacial score (nSPS) is 10.0. The molecule has 5 N–H and O–H groups in total. The largest absolute Gasteiger partial charge is 0.344 e. The van der Waals surface area contributed by atoms with E-state index in [1.807, 2.05) is 0 Å². The van der Waals surface area contributed by atoms with Crippen molar-refractivity contribution < 1.29 is 0 Å². The second-order valence-electron chi connectivity index (χ2n) is 4.32. The Labute approximate surface area is 96.6 Å². The van der Waals surface area contributed by atoms with Crippen LogP contribution in [0.15, 0.2) is 0 Å². The summed E-state index contributed by atoms with van der Waals surface area (Å²) in [5, 5.41) is 0. The Bertz CT molecular complexity index is 82.5. The van der Waals surface area contributed by atoms with Crippen LogP contribution in [0.1, 0.15) is 77.6 Å². The summed E-state index contributed by atoms with van der Waals surface area (Å²) in [5.74, 6) is 0. The van der Waals surface area contributed by atoms with Crippen LogP contribution in [-0.2, 0) is 0 Å². The van der Waals surface area contributed by atoms with Crippen molar-refractivity contribution in [3.05, 3.63) is 0 Å². The molecule has 0 radical (unpaired) electrons. The molecule has 0 heterocycles. The summed E-state index contributed by atoms with van der Waals surface area (Å²) in [7, 11) is 0. The lowest BCUT2D eigenvalue weighted by Gasteiger charge is -2.01. The lowest BCUT2D eigenvalue weighted by atomic mass is 10.1. The van der Waals surface area contributed by atoms with Crippen molar-refractivity contribution in [1.29, 1.82) is 0 Å². The van der Waals surface area contributed by atoms with Crippen LogP contribution in [0.2, 0.25) is 0 Å². The first-order valence-electron chi connectivity index (χ1n) is 6.62. The second kappa shape index (κ2) is 16.4. The summed E-state index contributed by atoms with van der Waals surface area (Å²) in [6.45, 7) is 3.15. The minimum absolute atomic E-state index is 0. The summed E-state index contributed by atoms with van der Waals surface area (Å²) < 4.78 is 0. The van der Waals surface area contributed by atoms with E-state index in [1.54, 1.807) is 0 Å². The van der Waals surface area contributed by atoms with E-state index in [9.17, 15) is 0 Å². The molecule has 94 valence electrons. The first-order chi connectivity index (χ1) is 6.91. The van der Waals surface area contributed by atoms with Crippen LogP contribution < -0.4 is 11.9 Å². The number of unbranched alkanes of at least 4 members (excludes halogenated alkanes) is 10. The van der Waals surface area contributed by atoms with Crippen LogP contribution in [0.25, 0.3) is 0 Å². The van der Waals surface area contributed by atoms with Crippen molar-refractivity contribution in [2.75, 3.05) is 6.54 Å². The van der Waals surface area contributed by atoms with Gasteiger partial charge < -0.3 is 11.9 Å². The van der Waals surface area contributed by atoms with Gasteiger partial charge in [0.05, 0.1) is 0 Å². The summed E-state index contributed by atoms with van der Waals surface area (Å²) in [4.78, 5) is 0. The van der Waals surface area contributed by atoms with Gasteiger partial charge in [-0.25, -0.2) is 0 Å². The molecule has 0 fully saturated rings. The Balaban J connectivity index is 0. The molecular formula is C13H32N2. The fourth-order valence-corrected chi connectivity index (χ4v) is 1.81. The van der Waals surface area contributed by atoms with Crippen molar-refractivity contribution in [2.45, 2.75) is 77.6 Å². The van der Waals surface area contributed by atoms with Crippen LogP contribution in [0.5, 0.6) is 0 Å². The Morgan fingerprint density at radius 1 is 0.600 bits per heavy atom. The zero-order valence-corrected chi connectivity index (χ0v) is 10.8. The predicted molar refractivity (Wildman–Crippen MR) is 70.5 cm³/mol. The lowest BCUT2D eigenvalue weighted by molar-refractivity contribution is 0.551. The van der Waals surface area contributed by atoms with Crippen molar-refractivity contribution >= 4 is 0 Å². The summed E-state index contributed by atoms with van der Waals surface area (Å²) >= 11 is 0. The zero-order valence-electron chi connectivity index (χ0n) is 10.8. The van der Waals surface area contributed by atoms with Gasteiger partial charge in [0.2, 0.25) is 0 Å². The molecule has 0 aliphatic heterocycles. The van der Waals surface area contributed by atoms with Crippen molar-refractivity contribution in [3.63, 3.8) is 0 Å². The molecule has 2 nitrogen and oxygen atoms in total. The molecule has 0 bridgehead atoms. The highest BCUT2D eigenvalue weighted by atomic mass is 14.5. The third-order valence-electron chi connectivity index (χ3n) is 2.81. The van der Waals surface area contributed by atoms with E-state index in [-0.39, 0.29) is 6.15 Å². The van der Waals surface area contributed by atoms with Gasteiger partial charge in [-0.1, -0.05) is 71.1 Å². The van der Waals surface area contributed by atoms with Crippen LogP contribution >= 0.6 is 0 Å². The molecule has 0 spiro atoms. The van der Waals surface area contributed by atoms with E-state index in [2.05, 4.69) is 6.92 Å². The number of hydrogen-bond donors (Lipinski definition) is 2. The van der Waals surface area contributed by atoms with E-state index in [1.165, 1.54) is 70.6 Å². The Morgan fingerprint density at radius 3 is 1.27 bits per heavy atom. The molecule has 0 saturated heterocycles. The van der Waals surface area contributed by atoms with Gasteiger partial charge in [-0.15, -0.1) is 0 Å². The van der Waals surface area contributed by atoms with Gasteiger partial charge in [0.25, 0.3) is 0 Å². The van der Waals surface area contributed by atoms with E-state index < -0.39 is 0 Å². The molecule has 0 aromatic heterocycles. The van der Waals surface area contributed by atoms with Crippen molar-refractivity contribution in [1.82, 2.24) is 6.15 Å². The van der Waals surface area contributed by atoms with Gasteiger partial charge in [0.1, 0.15) is 0 Å². The van der Waals surface area contributed by atoms with Crippen LogP contribution in [0, 0.1) is 0 Å². The quantitative estimate of drug-likeness (QED) is 0.502. The Morgan fingerprint density at radius 2 is 0.933 bits per heavy atom. The van der Waals surface area contributed by atoms with E-state index >= 15 is 0 Å². The molecule has 0 aromatic carbocycles. The molecule has 2 heteroatoms. The summed E-state index contributed by atoms with van der Waals surface area (Å²) in [6, 6.07) is 0. The highest BCUT2D eigenvalue weighted by Gasteiger charge is 1.91. The monoisotopic (exact) mass is 216 g/mol. The van der Waals surface area contributed by atoms with Crippen LogP contribution in [-0.4, -0.2) is 6.54 Å². The first-order valence-corrected chi connectivity index (χ1v) is 6.62. The molecule has 0 atom stereocenters. The topological polar surface area (TPSA) is 61.0 Å². The fourth-order valence-electron chi connectivity index (χ4n) is 1.81. The molecule has 0 aliphatic rings. The molecule has 0 saturated carbocycles. The standard InChI is InChI=1S/C13H29N.H3N/c1-2-3-4-5-6-7-8-9-10-11-12-13-14;/h2-14H2,1H3;1H3. The molecule has 0 aliphatic carbocycles. The fraction of sp³-hybridized carbons (Fsp3) is 1.00. The molecular weight excluding hydrogens is 184 g/mol. The van der Waals surface area contributed by atoms with Gasteiger partial charge in [0, 0.05) is 0 Å². The third kappa shape index (κ3) is 16.6. The van der Waals surface area contributed by atoms with E-state index in [0.717, 1.165) is 6.54 Å². The SMILES string of the molecule is CCCCCCCCCCCCCN.N. The maximum absolute atomic E-state index is 5.44. The van der Waals surface area contributed by atoms with Gasteiger partial charge in [-0.05, 0) is 13.0 Å². The van der Waals surface area contributed by atoms with E-state index in [4.69, 9.17) is 5.73 Å². The molecule has 0 unspecified atom stereocenters.